The molecule has 0 spiro atoms. The van der Waals surface area contributed by atoms with Crippen LogP contribution in [0.15, 0.2) is 12.2 Å². The van der Waals surface area contributed by atoms with E-state index in [2.05, 4.69) is 11.4 Å². The molecule has 0 heterocycles. The van der Waals surface area contributed by atoms with Crippen molar-refractivity contribution in [3.8, 4) is 0 Å². The summed E-state index contributed by atoms with van der Waals surface area (Å²) in [4.78, 5) is 0. The molecular weight excluding hydrogens is 182 g/mol. The number of hydrogen-bond donors (Lipinski definition) is 1. The second-order valence-electron chi connectivity index (χ2n) is 4.39. The lowest BCUT2D eigenvalue weighted by molar-refractivity contribution is 0.413. The molecule has 1 nitrogen and oxygen atoms in total. The Labute approximate surface area is 85.5 Å². The molecule has 74 valence electrons. The van der Waals surface area contributed by atoms with E-state index in [0.717, 1.165) is 17.9 Å². The summed E-state index contributed by atoms with van der Waals surface area (Å²) in [6.45, 7) is 2.21. The number of hydrogen-bond acceptors (Lipinski definition) is 1. The molecule has 0 radical (unpaired) electrons. The van der Waals surface area contributed by atoms with Gasteiger partial charge < -0.3 is 5.32 Å². The molecule has 2 saturated carbocycles. The SMILES string of the molecule is ClC/C=C/CNCC1(C2CC2)CC1. The van der Waals surface area contributed by atoms with Crippen LogP contribution in [0.5, 0.6) is 0 Å². The van der Waals surface area contributed by atoms with Crippen molar-refractivity contribution in [3.63, 3.8) is 0 Å². The highest BCUT2D eigenvalue weighted by Crippen LogP contribution is 2.60. The van der Waals surface area contributed by atoms with E-state index in [1.165, 1.54) is 32.2 Å². The number of nitrogens with one attached hydrogen (secondary N) is 1. The first-order chi connectivity index (χ1) is 6.37. The summed E-state index contributed by atoms with van der Waals surface area (Å²) >= 11 is 5.53. The summed E-state index contributed by atoms with van der Waals surface area (Å²) in [6.07, 6.45) is 10.0. The topological polar surface area (TPSA) is 12.0 Å². The van der Waals surface area contributed by atoms with E-state index in [4.69, 9.17) is 11.6 Å². The maximum Gasteiger partial charge on any atom is 0.0404 e. The minimum absolute atomic E-state index is 0.634. The highest BCUT2D eigenvalue weighted by atomic mass is 35.5. The van der Waals surface area contributed by atoms with Gasteiger partial charge in [-0.3, -0.25) is 0 Å². The van der Waals surface area contributed by atoms with Gasteiger partial charge in [0.2, 0.25) is 0 Å². The van der Waals surface area contributed by atoms with E-state index in [9.17, 15) is 0 Å². The third-order valence-electron chi connectivity index (χ3n) is 3.33. The highest BCUT2D eigenvalue weighted by Gasteiger charge is 2.52. The van der Waals surface area contributed by atoms with Crippen LogP contribution in [0.2, 0.25) is 0 Å². The smallest absolute Gasteiger partial charge is 0.0404 e. The summed E-state index contributed by atoms with van der Waals surface area (Å²) in [6, 6.07) is 0. The molecule has 0 aliphatic heterocycles. The highest BCUT2D eigenvalue weighted by molar-refractivity contribution is 6.18. The van der Waals surface area contributed by atoms with Crippen molar-refractivity contribution in [3.05, 3.63) is 12.2 Å². The maximum atomic E-state index is 5.53. The van der Waals surface area contributed by atoms with Crippen LogP contribution < -0.4 is 5.32 Å². The van der Waals surface area contributed by atoms with Gasteiger partial charge >= 0.3 is 0 Å². The lowest BCUT2D eigenvalue weighted by Crippen LogP contribution is -2.25. The monoisotopic (exact) mass is 199 g/mol. The van der Waals surface area contributed by atoms with Gasteiger partial charge in [-0.25, -0.2) is 0 Å². The fraction of sp³-hybridized carbons (Fsp3) is 0.818. The van der Waals surface area contributed by atoms with E-state index in [-0.39, 0.29) is 0 Å². The van der Waals surface area contributed by atoms with Crippen LogP contribution in [-0.4, -0.2) is 19.0 Å². The molecule has 2 fully saturated rings. The quantitative estimate of drug-likeness (QED) is 0.394. The molecule has 13 heavy (non-hydrogen) atoms. The van der Waals surface area contributed by atoms with Crippen molar-refractivity contribution in [2.45, 2.75) is 25.7 Å². The van der Waals surface area contributed by atoms with Crippen molar-refractivity contribution >= 4 is 11.6 Å². The van der Waals surface area contributed by atoms with Crippen LogP contribution in [0.25, 0.3) is 0 Å². The Balaban J connectivity index is 1.59. The fourth-order valence-corrected chi connectivity index (χ4v) is 2.26. The fourth-order valence-electron chi connectivity index (χ4n) is 2.14. The Hall–Kier alpha value is -0.0100. The summed E-state index contributed by atoms with van der Waals surface area (Å²) in [5, 5.41) is 3.50. The summed E-state index contributed by atoms with van der Waals surface area (Å²) in [5.74, 6) is 1.70. The maximum absolute atomic E-state index is 5.53. The van der Waals surface area contributed by atoms with Crippen LogP contribution in [-0.2, 0) is 0 Å². The van der Waals surface area contributed by atoms with E-state index >= 15 is 0 Å². The molecule has 2 heteroatoms. The van der Waals surface area contributed by atoms with Crippen molar-refractivity contribution in [2.75, 3.05) is 19.0 Å². The van der Waals surface area contributed by atoms with Crippen LogP contribution in [0.1, 0.15) is 25.7 Å². The summed E-state index contributed by atoms with van der Waals surface area (Å²) in [7, 11) is 0. The average molecular weight is 200 g/mol. The van der Waals surface area contributed by atoms with Gasteiger partial charge in [0, 0.05) is 19.0 Å². The standard InChI is InChI=1S/C11H18ClN/c12-7-1-2-8-13-9-11(5-6-11)10-3-4-10/h1-2,10,13H,3-9H2/b2-1+. The van der Waals surface area contributed by atoms with Crippen molar-refractivity contribution in [1.82, 2.24) is 5.32 Å². The molecule has 0 amide bonds. The largest absolute Gasteiger partial charge is 0.313 e. The zero-order valence-electron chi connectivity index (χ0n) is 8.06. The average Bonchev–Trinajstić information content (AvgIpc) is 2.98. The molecule has 0 aromatic carbocycles. The molecule has 0 aromatic heterocycles. The number of alkyl halides is 1. The van der Waals surface area contributed by atoms with E-state index in [1.54, 1.807) is 0 Å². The molecule has 0 unspecified atom stereocenters. The lowest BCUT2D eigenvalue weighted by Gasteiger charge is -2.13. The van der Waals surface area contributed by atoms with Crippen LogP contribution >= 0.6 is 11.6 Å². The van der Waals surface area contributed by atoms with Crippen LogP contribution in [0.3, 0.4) is 0 Å². The Morgan fingerprint density at radius 2 is 2.08 bits per heavy atom. The normalized spacial score (nSPS) is 25.3. The first kappa shape index (κ1) is 9.54. The minimum Gasteiger partial charge on any atom is -0.313 e. The first-order valence-corrected chi connectivity index (χ1v) is 5.82. The lowest BCUT2D eigenvalue weighted by atomic mass is 10.0. The van der Waals surface area contributed by atoms with Gasteiger partial charge in [0.15, 0.2) is 0 Å². The molecule has 0 aromatic rings. The number of allylic oxidation sites excluding steroid dienone is 1. The summed E-state index contributed by atoms with van der Waals surface area (Å²) in [5.41, 5.74) is 0.731. The van der Waals surface area contributed by atoms with Gasteiger partial charge in [0.05, 0.1) is 0 Å². The molecule has 2 aliphatic carbocycles. The zero-order valence-corrected chi connectivity index (χ0v) is 8.82. The summed E-state index contributed by atoms with van der Waals surface area (Å²) < 4.78 is 0. The molecule has 1 N–H and O–H groups in total. The first-order valence-electron chi connectivity index (χ1n) is 5.29. The number of rotatable bonds is 6. The molecule has 2 rings (SSSR count). The van der Waals surface area contributed by atoms with Crippen LogP contribution in [0, 0.1) is 11.3 Å². The second-order valence-corrected chi connectivity index (χ2v) is 4.70. The third kappa shape index (κ3) is 2.47. The van der Waals surface area contributed by atoms with Gasteiger partial charge in [0.25, 0.3) is 0 Å². The predicted octanol–water partition coefficient (Wildman–Crippen LogP) is 2.56. The molecule has 0 saturated heterocycles. The Morgan fingerprint density at radius 1 is 1.31 bits per heavy atom. The Kier molecular flexibility index (Phi) is 2.95. The molecule has 0 bridgehead atoms. The van der Waals surface area contributed by atoms with E-state index < -0.39 is 0 Å². The Bertz CT molecular complexity index is 192. The third-order valence-corrected chi connectivity index (χ3v) is 3.51. The van der Waals surface area contributed by atoms with E-state index in [0.29, 0.717) is 5.88 Å². The van der Waals surface area contributed by atoms with Gasteiger partial charge in [-0.15, -0.1) is 11.6 Å². The van der Waals surface area contributed by atoms with E-state index in [1.807, 2.05) is 6.08 Å². The van der Waals surface area contributed by atoms with Crippen molar-refractivity contribution in [2.24, 2.45) is 11.3 Å². The Morgan fingerprint density at radius 3 is 2.62 bits per heavy atom. The molecule has 2 aliphatic rings. The van der Waals surface area contributed by atoms with Crippen molar-refractivity contribution in [1.29, 1.82) is 0 Å². The zero-order chi connectivity index (χ0) is 9.15. The van der Waals surface area contributed by atoms with Gasteiger partial charge in [-0.1, -0.05) is 12.2 Å². The van der Waals surface area contributed by atoms with Crippen molar-refractivity contribution < 1.29 is 0 Å². The molecular formula is C11H18ClN. The minimum atomic E-state index is 0.634. The number of halogens is 1. The second kappa shape index (κ2) is 4.02. The van der Waals surface area contributed by atoms with Gasteiger partial charge in [0.1, 0.15) is 0 Å². The molecule has 0 atom stereocenters. The van der Waals surface area contributed by atoms with Crippen LogP contribution in [0.4, 0.5) is 0 Å². The predicted molar refractivity (Wildman–Crippen MR) is 57.1 cm³/mol. The van der Waals surface area contributed by atoms with Gasteiger partial charge in [-0.05, 0) is 37.0 Å². The van der Waals surface area contributed by atoms with Gasteiger partial charge in [-0.2, -0.15) is 0 Å².